The molecule has 6 heteroatoms. The number of aliphatic hydroxyl groups is 1. The Morgan fingerprint density at radius 2 is 2.14 bits per heavy atom. The van der Waals surface area contributed by atoms with Crippen molar-refractivity contribution in [1.29, 1.82) is 0 Å². The van der Waals surface area contributed by atoms with Gasteiger partial charge in [0, 0.05) is 37.0 Å². The van der Waals surface area contributed by atoms with Crippen molar-refractivity contribution in [3.63, 3.8) is 0 Å². The fraction of sp³-hybridized carbons (Fsp3) is 0.304. The SMILES string of the molecule is C=C(O)CCCOc1cc(N=CC2Cc3ccccc3N2C)c(C=O)cc1OC. The van der Waals surface area contributed by atoms with Crippen LogP contribution in [-0.2, 0) is 6.42 Å². The number of allylic oxidation sites excluding steroid dienone is 1. The molecule has 1 atom stereocenters. The zero-order valence-electron chi connectivity index (χ0n) is 16.8. The number of fused-ring (bicyclic) bond motifs is 1. The molecule has 1 unspecified atom stereocenters. The van der Waals surface area contributed by atoms with Gasteiger partial charge in [0.05, 0.1) is 31.2 Å². The molecule has 0 bridgehead atoms. The lowest BCUT2D eigenvalue weighted by atomic mass is 10.1. The summed E-state index contributed by atoms with van der Waals surface area (Å²) in [6.07, 6.45) is 4.60. The van der Waals surface area contributed by atoms with E-state index in [1.54, 1.807) is 12.1 Å². The summed E-state index contributed by atoms with van der Waals surface area (Å²) < 4.78 is 11.1. The standard InChI is InChI=1S/C23H26N2O4/c1-16(27)7-6-10-29-23-13-20(18(15-26)12-22(23)28-3)24-14-19-11-17-8-4-5-9-21(17)25(19)2/h4-5,8-9,12-15,19,27H,1,6-7,10-11H2,2-3H3. The molecule has 0 amide bonds. The predicted octanol–water partition coefficient (Wildman–Crippen LogP) is 4.50. The van der Waals surface area contributed by atoms with E-state index in [0.717, 1.165) is 12.7 Å². The number of hydrogen-bond donors (Lipinski definition) is 1. The maximum absolute atomic E-state index is 11.6. The first-order chi connectivity index (χ1) is 14.0. The maximum Gasteiger partial charge on any atom is 0.163 e. The van der Waals surface area contributed by atoms with Gasteiger partial charge in [-0.1, -0.05) is 24.8 Å². The molecule has 2 aromatic carbocycles. The molecule has 0 aromatic heterocycles. The molecule has 0 fully saturated rings. The highest BCUT2D eigenvalue weighted by molar-refractivity contribution is 5.88. The average molecular weight is 394 g/mol. The summed E-state index contributed by atoms with van der Waals surface area (Å²) >= 11 is 0. The van der Waals surface area contributed by atoms with Crippen molar-refractivity contribution in [2.75, 3.05) is 25.7 Å². The van der Waals surface area contributed by atoms with Crippen molar-refractivity contribution >= 4 is 23.9 Å². The number of aldehydes is 1. The normalized spacial score (nSPS) is 15.4. The highest BCUT2D eigenvalue weighted by atomic mass is 16.5. The molecule has 6 nitrogen and oxygen atoms in total. The van der Waals surface area contributed by atoms with Gasteiger partial charge in [0.25, 0.3) is 0 Å². The molecule has 1 aliphatic rings. The number of likely N-dealkylation sites (N-methyl/N-ethyl adjacent to an activating group) is 1. The average Bonchev–Trinajstić information content (AvgIpc) is 3.05. The lowest BCUT2D eigenvalue weighted by Gasteiger charge is -2.19. The number of anilines is 1. The summed E-state index contributed by atoms with van der Waals surface area (Å²) in [4.78, 5) is 18.3. The highest BCUT2D eigenvalue weighted by Crippen LogP contribution is 2.35. The molecule has 152 valence electrons. The van der Waals surface area contributed by atoms with Crippen molar-refractivity contribution < 1.29 is 19.4 Å². The van der Waals surface area contributed by atoms with Gasteiger partial charge in [-0.2, -0.15) is 0 Å². The van der Waals surface area contributed by atoms with Crippen LogP contribution >= 0.6 is 0 Å². The molecule has 29 heavy (non-hydrogen) atoms. The number of carbonyl (C=O) groups is 1. The number of para-hydroxylation sites is 1. The minimum Gasteiger partial charge on any atom is -0.513 e. The fourth-order valence-corrected chi connectivity index (χ4v) is 3.39. The van der Waals surface area contributed by atoms with Crippen LogP contribution in [0.2, 0.25) is 0 Å². The van der Waals surface area contributed by atoms with Crippen molar-refractivity contribution in [3.8, 4) is 11.5 Å². The monoisotopic (exact) mass is 394 g/mol. The maximum atomic E-state index is 11.6. The van der Waals surface area contributed by atoms with Gasteiger partial charge in [-0.25, -0.2) is 0 Å². The third-order valence-electron chi connectivity index (χ3n) is 4.99. The molecule has 1 aliphatic heterocycles. The summed E-state index contributed by atoms with van der Waals surface area (Å²) in [7, 11) is 3.57. The Bertz CT molecular complexity index is 923. The first-order valence-corrected chi connectivity index (χ1v) is 9.55. The lowest BCUT2D eigenvalue weighted by molar-refractivity contribution is 0.112. The van der Waals surface area contributed by atoms with Gasteiger partial charge >= 0.3 is 0 Å². The molecule has 0 aliphatic carbocycles. The summed E-state index contributed by atoms with van der Waals surface area (Å²) in [5.41, 5.74) is 3.45. The van der Waals surface area contributed by atoms with Crippen LogP contribution in [0.5, 0.6) is 11.5 Å². The van der Waals surface area contributed by atoms with Crippen LogP contribution in [0.25, 0.3) is 0 Å². The second-order valence-electron chi connectivity index (χ2n) is 6.99. The van der Waals surface area contributed by atoms with E-state index < -0.39 is 0 Å². The van der Waals surface area contributed by atoms with E-state index in [-0.39, 0.29) is 11.8 Å². The number of nitrogens with zero attached hydrogens (tertiary/aromatic N) is 2. The highest BCUT2D eigenvalue weighted by Gasteiger charge is 2.24. The number of rotatable bonds is 9. The topological polar surface area (TPSA) is 71.4 Å². The zero-order chi connectivity index (χ0) is 20.8. The van der Waals surface area contributed by atoms with Crippen LogP contribution in [0.4, 0.5) is 11.4 Å². The van der Waals surface area contributed by atoms with Crippen molar-refractivity contribution in [2.45, 2.75) is 25.3 Å². The number of ether oxygens (including phenoxy) is 2. The van der Waals surface area contributed by atoms with E-state index in [2.05, 4.69) is 28.6 Å². The molecule has 1 heterocycles. The van der Waals surface area contributed by atoms with Crippen LogP contribution < -0.4 is 14.4 Å². The number of aliphatic imine (C=N–C) groups is 1. The van der Waals surface area contributed by atoms with Gasteiger partial charge in [0.15, 0.2) is 17.8 Å². The first-order valence-electron chi connectivity index (χ1n) is 9.55. The Balaban J connectivity index is 1.79. The quantitative estimate of drug-likeness (QED) is 0.293. The molecule has 1 N–H and O–H groups in total. The number of benzene rings is 2. The molecule has 2 aromatic rings. The first kappa shape index (κ1) is 20.5. The Morgan fingerprint density at radius 3 is 2.83 bits per heavy atom. The molecular formula is C23H26N2O4. The van der Waals surface area contributed by atoms with E-state index in [1.807, 2.05) is 25.4 Å². The summed E-state index contributed by atoms with van der Waals surface area (Å²) in [5, 5.41) is 9.19. The van der Waals surface area contributed by atoms with E-state index in [0.29, 0.717) is 42.2 Å². The molecule has 0 radical (unpaired) electrons. The van der Waals surface area contributed by atoms with Crippen molar-refractivity contribution in [1.82, 2.24) is 0 Å². The second-order valence-corrected chi connectivity index (χ2v) is 6.99. The summed E-state index contributed by atoms with van der Waals surface area (Å²) in [6, 6.07) is 11.8. The minimum absolute atomic E-state index is 0.119. The van der Waals surface area contributed by atoms with Gasteiger partial charge in [-0.05, 0) is 30.5 Å². The van der Waals surface area contributed by atoms with Crippen LogP contribution in [0, 0.1) is 0 Å². The van der Waals surface area contributed by atoms with Gasteiger partial charge < -0.3 is 19.5 Å². The molecule has 0 saturated heterocycles. The molecular weight excluding hydrogens is 368 g/mol. The predicted molar refractivity (Wildman–Crippen MR) is 115 cm³/mol. The summed E-state index contributed by atoms with van der Waals surface area (Å²) in [6.45, 7) is 3.86. The van der Waals surface area contributed by atoms with Crippen LogP contribution in [0.1, 0.15) is 28.8 Å². The van der Waals surface area contributed by atoms with Crippen LogP contribution in [0.3, 0.4) is 0 Å². The lowest BCUT2D eigenvalue weighted by Crippen LogP contribution is -2.28. The third-order valence-corrected chi connectivity index (χ3v) is 4.99. The van der Waals surface area contributed by atoms with Crippen molar-refractivity contribution in [3.05, 3.63) is 59.9 Å². The summed E-state index contributed by atoms with van der Waals surface area (Å²) in [5.74, 6) is 1.11. The Morgan fingerprint density at radius 1 is 1.34 bits per heavy atom. The molecule has 0 saturated carbocycles. The van der Waals surface area contributed by atoms with Crippen LogP contribution in [0.15, 0.2) is 53.7 Å². The largest absolute Gasteiger partial charge is 0.513 e. The second kappa shape index (κ2) is 9.28. The Hall–Kier alpha value is -3.28. The van der Waals surface area contributed by atoms with E-state index >= 15 is 0 Å². The van der Waals surface area contributed by atoms with Crippen molar-refractivity contribution in [2.24, 2.45) is 4.99 Å². The van der Waals surface area contributed by atoms with E-state index in [9.17, 15) is 9.90 Å². The number of aliphatic hydroxyl groups excluding tert-OH is 1. The smallest absolute Gasteiger partial charge is 0.163 e. The van der Waals surface area contributed by atoms with Gasteiger partial charge in [0.1, 0.15) is 0 Å². The molecule has 0 spiro atoms. The minimum atomic E-state index is 0.119. The Kier molecular flexibility index (Phi) is 6.54. The van der Waals surface area contributed by atoms with Gasteiger partial charge in [-0.15, -0.1) is 0 Å². The number of hydrogen-bond acceptors (Lipinski definition) is 6. The molecule has 3 rings (SSSR count). The fourth-order valence-electron chi connectivity index (χ4n) is 3.39. The van der Waals surface area contributed by atoms with E-state index in [4.69, 9.17) is 9.47 Å². The zero-order valence-corrected chi connectivity index (χ0v) is 16.8. The number of methoxy groups -OCH3 is 1. The Labute approximate surface area is 171 Å². The van der Waals surface area contributed by atoms with Gasteiger partial charge in [0.2, 0.25) is 0 Å². The van der Waals surface area contributed by atoms with Crippen LogP contribution in [-0.4, -0.2) is 44.4 Å². The van der Waals surface area contributed by atoms with E-state index in [1.165, 1.54) is 18.4 Å². The number of carbonyl (C=O) groups excluding carboxylic acids is 1. The third kappa shape index (κ3) is 4.77. The van der Waals surface area contributed by atoms with Gasteiger partial charge in [-0.3, -0.25) is 9.79 Å².